The molecule has 5 rings (SSSR count). The van der Waals surface area contributed by atoms with Gasteiger partial charge in [0.15, 0.2) is 0 Å². The number of hydrogen-bond acceptors (Lipinski definition) is 9. The molecule has 228 valence electrons. The Hall–Kier alpha value is -4.13. The fourth-order valence-corrected chi connectivity index (χ4v) is 5.50. The summed E-state index contributed by atoms with van der Waals surface area (Å²) >= 11 is 1.41. The third-order valence-corrected chi connectivity index (χ3v) is 7.95. The number of pyridine rings is 1. The van der Waals surface area contributed by atoms with Crippen molar-refractivity contribution in [1.29, 1.82) is 0 Å². The fourth-order valence-electron chi connectivity index (χ4n) is 4.82. The van der Waals surface area contributed by atoms with Crippen LogP contribution in [0.3, 0.4) is 0 Å². The van der Waals surface area contributed by atoms with Crippen LogP contribution in [0, 0.1) is 0 Å². The molecule has 4 N–H and O–H groups in total. The normalized spacial score (nSPS) is 16.6. The number of nitrogens with two attached hydrogens (primary N) is 1. The molecular weight excluding hydrogens is 568 g/mol. The van der Waals surface area contributed by atoms with Gasteiger partial charge in [0.1, 0.15) is 17.7 Å². The number of carbonyl (C=O) groups is 2. The van der Waals surface area contributed by atoms with Crippen molar-refractivity contribution in [2.75, 3.05) is 57.0 Å². The number of anilines is 2. The first-order valence-electron chi connectivity index (χ1n) is 14.5. The number of nitrogens with one attached hydrogen (secondary N) is 2. The Balaban J connectivity index is 1.12. The lowest BCUT2D eigenvalue weighted by Crippen LogP contribution is -2.42. The molecule has 11 nitrogen and oxygen atoms in total. The summed E-state index contributed by atoms with van der Waals surface area (Å²) < 4.78 is 17.0. The smallest absolute Gasteiger partial charge is 0.317 e. The zero-order valence-corrected chi connectivity index (χ0v) is 24.9. The van der Waals surface area contributed by atoms with Crippen LogP contribution in [-0.4, -0.2) is 78.9 Å². The van der Waals surface area contributed by atoms with E-state index >= 15 is 0 Å². The molecule has 2 aliphatic heterocycles. The fraction of sp³-hybridized carbons (Fsp3) is 0.387. The van der Waals surface area contributed by atoms with Crippen molar-refractivity contribution < 1.29 is 23.8 Å². The molecule has 4 heterocycles. The second-order valence-electron chi connectivity index (χ2n) is 10.4. The van der Waals surface area contributed by atoms with E-state index in [2.05, 4.69) is 20.5 Å². The Bertz CT molecular complexity index is 1360. The molecule has 2 aromatic heterocycles. The molecule has 1 atom stereocenters. The van der Waals surface area contributed by atoms with Crippen LogP contribution in [0.1, 0.15) is 34.5 Å². The second kappa shape index (κ2) is 15.4. The molecule has 0 bridgehead atoms. The van der Waals surface area contributed by atoms with Gasteiger partial charge in [-0.05, 0) is 23.6 Å². The molecule has 0 saturated carbocycles. The number of hydrogen-bond donors (Lipinski definition) is 3. The minimum absolute atomic E-state index is 0.169. The van der Waals surface area contributed by atoms with E-state index < -0.39 is 0 Å². The summed E-state index contributed by atoms with van der Waals surface area (Å²) in [5.41, 5.74) is 9.20. The van der Waals surface area contributed by atoms with E-state index in [-0.39, 0.29) is 23.9 Å². The maximum absolute atomic E-state index is 13.3. The van der Waals surface area contributed by atoms with E-state index in [0.717, 1.165) is 50.4 Å². The van der Waals surface area contributed by atoms with Gasteiger partial charge in [-0.3, -0.25) is 14.7 Å². The van der Waals surface area contributed by atoms with Crippen molar-refractivity contribution in [2.45, 2.75) is 32.1 Å². The minimum atomic E-state index is -0.357. The first kappa shape index (κ1) is 30.3. The van der Waals surface area contributed by atoms with Crippen molar-refractivity contribution in [3.63, 3.8) is 0 Å². The van der Waals surface area contributed by atoms with Gasteiger partial charge in [-0.2, -0.15) is 0 Å². The van der Waals surface area contributed by atoms with Crippen LogP contribution in [0.15, 0.2) is 71.4 Å². The van der Waals surface area contributed by atoms with E-state index in [1.807, 2.05) is 36.4 Å². The Kier molecular flexibility index (Phi) is 10.8. The third kappa shape index (κ3) is 9.18. The summed E-state index contributed by atoms with van der Waals surface area (Å²) in [7, 11) is 0. The SMILES string of the molecule is Nc1cscc1NC(=O)c1ccc(CN(CCCN2CCOCC2)C(=O)NCCC2=COC(Cc3ccccc3)O2)cn1. The number of rotatable bonds is 13. The molecule has 1 saturated heterocycles. The molecule has 1 unspecified atom stereocenters. The highest BCUT2D eigenvalue weighted by Gasteiger charge is 2.21. The maximum atomic E-state index is 13.3. The number of morpholine rings is 1. The molecule has 1 aromatic carbocycles. The summed E-state index contributed by atoms with van der Waals surface area (Å²) in [6.07, 6.45) is 4.92. The largest absolute Gasteiger partial charge is 0.459 e. The van der Waals surface area contributed by atoms with E-state index in [9.17, 15) is 9.59 Å². The Labute approximate surface area is 255 Å². The highest BCUT2D eigenvalue weighted by molar-refractivity contribution is 7.09. The van der Waals surface area contributed by atoms with Crippen molar-refractivity contribution >= 4 is 34.6 Å². The summed E-state index contributed by atoms with van der Waals surface area (Å²) in [4.78, 5) is 34.4. The van der Waals surface area contributed by atoms with Gasteiger partial charge in [0.2, 0.25) is 6.29 Å². The topological polar surface area (TPSA) is 131 Å². The van der Waals surface area contributed by atoms with Gasteiger partial charge in [-0.25, -0.2) is 4.79 Å². The molecule has 43 heavy (non-hydrogen) atoms. The van der Waals surface area contributed by atoms with Crippen molar-refractivity contribution in [3.8, 4) is 0 Å². The highest BCUT2D eigenvalue weighted by atomic mass is 32.1. The number of aromatic nitrogens is 1. The van der Waals surface area contributed by atoms with Crippen LogP contribution in [0.5, 0.6) is 0 Å². The average molecular weight is 607 g/mol. The number of urea groups is 1. The molecule has 0 spiro atoms. The summed E-state index contributed by atoms with van der Waals surface area (Å²) in [6, 6.07) is 13.4. The van der Waals surface area contributed by atoms with Gasteiger partial charge in [0.25, 0.3) is 5.91 Å². The zero-order chi connectivity index (χ0) is 29.9. The van der Waals surface area contributed by atoms with E-state index in [1.165, 1.54) is 11.3 Å². The van der Waals surface area contributed by atoms with Gasteiger partial charge in [-0.1, -0.05) is 36.4 Å². The van der Waals surface area contributed by atoms with E-state index in [4.69, 9.17) is 19.9 Å². The van der Waals surface area contributed by atoms with Crippen LogP contribution >= 0.6 is 11.3 Å². The Morgan fingerprint density at radius 3 is 2.67 bits per heavy atom. The standard InChI is InChI=1S/C31H38N6O5S/c32-26-21-43-22-28(26)35-30(38)27-8-7-24(18-34-27)19-37(12-4-11-36-13-15-40-16-14-36)31(39)33-10-9-25-20-41-29(42-25)17-23-5-2-1-3-6-23/h1-3,5-8,18,20-22,29H,4,9-17,19,32H2,(H,33,39)(H,35,38). The molecule has 2 aliphatic rings. The molecule has 12 heteroatoms. The number of benzene rings is 1. The van der Waals surface area contributed by atoms with Crippen molar-refractivity contribution in [1.82, 2.24) is 20.1 Å². The van der Waals surface area contributed by atoms with Crippen LogP contribution in [0.2, 0.25) is 0 Å². The van der Waals surface area contributed by atoms with Crippen LogP contribution < -0.4 is 16.4 Å². The molecule has 1 fully saturated rings. The van der Waals surface area contributed by atoms with Crippen LogP contribution in [0.4, 0.5) is 16.2 Å². The highest BCUT2D eigenvalue weighted by Crippen LogP contribution is 2.23. The van der Waals surface area contributed by atoms with Crippen molar-refractivity contribution in [3.05, 3.63) is 88.3 Å². The summed E-state index contributed by atoms with van der Waals surface area (Å²) in [5.74, 6) is 0.373. The number of nitrogens with zero attached hydrogens (tertiary/aromatic N) is 3. The summed E-state index contributed by atoms with van der Waals surface area (Å²) in [5, 5.41) is 9.34. The number of ether oxygens (including phenoxy) is 3. The predicted octanol–water partition coefficient (Wildman–Crippen LogP) is 4.06. The molecular formula is C31H38N6O5S. The minimum Gasteiger partial charge on any atom is -0.459 e. The maximum Gasteiger partial charge on any atom is 0.317 e. The predicted molar refractivity (Wildman–Crippen MR) is 165 cm³/mol. The lowest BCUT2D eigenvalue weighted by atomic mass is 10.1. The quantitative estimate of drug-likeness (QED) is 0.266. The van der Waals surface area contributed by atoms with E-state index in [0.29, 0.717) is 49.6 Å². The number of nitrogen functional groups attached to an aromatic ring is 1. The van der Waals surface area contributed by atoms with Gasteiger partial charge in [-0.15, -0.1) is 11.3 Å². The molecule has 0 radical (unpaired) electrons. The summed E-state index contributed by atoms with van der Waals surface area (Å²) in [6.45, 7) is 5.52. The van der Waals surface area contributed by atoms with Gasteiger partial charge in [0.05, 0.1) is 24.6 Å². The number of carbonyl (C=O) groups excluding carboxylic acids is 2. The Morgan fingerprint density at radius 2 is 1.93 bits per heavy atom. The number of thiophene rings is 1. The Morgan fingerprint density at radius 1 is 1.09 bits per heavy atom. The van der Waals surface area contributed by atoms with Crippen LogP contribution in [-0.2, 0) is 27.2 Å². The second-order valence-corrected chi connectivity index (χ2v) is 11.2. The van der Waals surface area contributed by atoms with Crippen molar-refractivity contribution in [2.24, 2.45) is 0 Å². The van der Waals surface area contributed by atoms with Gasteiger partial charge in [0, 0.05) is 69.1 Å². The first-order valence-corrected chi connectivity index (χ1v) is 15.4. The van der Waals surface area contributed by atoms with E-state index in [1.54, 1.807) is 34.2 Å². The monoisotopic (exact) mass is 606 g/mol. The molecule has 3 amide bonds. The third-order valence-electron chi connectivity index (χ3n) is 7.19. The van der Waals surface area contributed by atoms with Crippen LogP contribution in [0.25, 0.3) is 0 Å². The lowest BCUT2D eigenvalue weighted by molar-refractivity contribution is -0.0314. The number of amides is 3. The van der Waals surface area contributed by atoms with Gasteiger partial charge < -0.3 is 35.5 Å². The lowest BCUT2D eigenvalue weighted by Gasteiger charge is -2.28. The average Bonchev–Trinajstić information content (AvgIpc) is 3.65. The first-order chi connectivity index (χ1) is 21.0. The van der Waals surface area contributed by atoms with Gasteiger partial charge >= 0.3 is 6.03 Å². The zero-order valence-electron chi connectivity index (χ0n) is 24.1. The molecule has 0 aliphatic carbocycles. The molecule has 3 aromatic rings.